The van der Waals surface area contributed by atoms with Gasteiger partial charge in [0.05, 0.1) is 5.56 Å². The fourth-order valence-electron chi connectivity index (χ4n) is 3.13. The largest absolute Gasteiger partial charge is 0.478 e. The van der Waals surface area contributed by atoms with E-state index in [0.29, 0.717) is 45.6 Å². The number of hydrogen-bond donors (Lipinski definition) is 2. The number of rotatable bonds is 6. The molecule has 7 heteroatoms. The van der Waals surface area contributed by atoms with Crippen LogP contribution in [0.5, 0.6) is 0 Å². The number of carbonyl (C=O) groups excluding carboxylic acids is 2. The van der Waals surface area contributed by atoms with Crippen molar-refractivity contribution >= 4 is 17.9 Å². The molecule has 1 saturated heterocycles. The van der Waals surface area contributed by atoms with Crippen LogP contribution >= 0.6 is 0 Å². The summed E-state index contributed by atoms with van der Waals surface area (Å²) >= 11 is 0. The summed E-state index contributed by atoms with van der Waals surface area (Å²) in [6.45, 7) is 6.88. The molecule has 0 bridgehead atoms. The molecule has 0 aliphatic carbocycles. The van der Waals surface area contributed by atoms with Crippen molar-refractivity contribution < 1.29 is 19.5 Å². The highest BCUT2D eigenvalue weighted by Gasteiger charge is 2.28. The molecule has 3 amide bonds. The number of benzene rings is 1. The van der Waals surface area contributed by atoms with Gasteiger partial charge in [-0.3, -0.25) is 4.79 Å². The van der Waals surface area contributed by atoms with E-state index in [1.54, 1.807) is 17.0 Å². The smallest absolute Gasteiger partial charge is 0.335 e. The van der Waals surface area contributed by atoms with Gasteiger partial charge >= 0.3 is 12.0 Å². The van der Waals surface area contributed by atoms with E-state index in [4.69, 9.17) is 5.11 Å². The number of likely N-dealkylation sites (tertiary alicyclic amines) is 1. The first-order valence-electron chi connectivity index (χ1n) is 9.10. The number of urea groups is 1. The standard InChI is InChI=1S/C19H27N3O4/c1-3-21(4-2)19(26)22-11-9-15(10-12-22)17(23)20-13-14-5-7-16(8-6-14)18(24)25/h5-8,15H,3-4,9-13H2,1-2H3,(H,20,23)(H,24,25). The molecular formula is C19H27N3O4. The van der Waals surface area contributed by atoms with Gasteiger partial charge in [0.25, 0.3) is 0 Å². The van der Waals surface area contributed by atoms with Crippen LogP contribution in [0.3, 0.4) is 0 Å². The van der Waals surface area contributed by atoms with Gasteiger partial charge in [0.1, 0.15) is 0 Å². The molecule has 0 atom stereocenters. The lowest BCUT2D eigenvalue weighted by Gasteiger charge is -2.34. The van der Waals surface area contributed by atoms with Crippen LogP contribution in [0.2, 0.25) is 0 Å². The van der Waals surface area contributed by atoms with Crippen LogP contribution in [-0.4, -0.2) is 59.0 Å². The van der Waals surface area contributed by atoms with E-state index in [1.165, 1.54) is 12.1 Å². The molecular weight excluding hydrogens is 334 g/mol. The van der Waals surface area contributed by atoms with E-state index < -0.39 is 5.97 Å². The SMILES string of the molecule is CCN(CC)C(=O)N1CCC(C(=O)NCc2ccc(C(=O)O)cc2)CC1. The molecule has 0 unspecified atom stereocenters. The first kappa shape index (κ1) is 19.8. The van der Waals surface area contributed by atoms with Gasteiger partial charge in [-0.2, -0.15) is 0 Å². The highest BCUT2D eigenvalue weighted by molar-refractivity contribution is 5.87. The zero-order valence-corrected chi connectivity index (χ0v) is 15.4. The third kappa shape index (κ3) is 4.97. The van der Waals surface area contributed by atoms with Crippen LogP contribution in [0, 0.1) is 5.92 Å². The number of piperidine rings is 1. The van der Waals surface area contributed by atoms with Gasteiger partial charge in [0, 0.05) is 38.6 Å². The van der Waals surface area contributed by atoms with Gasteiger partial charge in [0.15, 0.2) is 0 Å². The maximum Gasteiger partial charge on any atom is 0.335 e. The van der Waals surface area contributed by atoms with Crippen LogP contribution in [0.25, 0.3) is 0 Å². The quantitative estimate of drug-likeness (QED) is 0.813. The summed E-state index contributed by atoms with van der Waals surface area (Å²) in [4.78, 5) is 39.1. The molecule has 1 aliphatic rings. The Morgan fingerprint density at radius 2 is 1.69 bits per heavy atom. The number of carbonyl (C=O) groups is 3. The van der Waals surface area contributed by atoms with Crippen LogP contribution in [0.4, 0.5) is 4.79 Å². The molecule has 1 aromatic carbocycles. The Labute approximate surface area is 154 Å². The molecule has 0 radical (unpaired) electrons. The van der Waals surface area contributed by atoms with E-state index in [9.17, 15) is 14.4 Å². The van der Waals surface area contributed by atoms with Gasteiger partial charge in [-0.05, 0) is 44.4 Å². The fraction of sp³-hybridized carbons (Fsp3) is 0.526. The molecule has 0 aromatic heterocycles. The molecule has 142 valence electrons. The van der Waals surface area contributed by atoms with Crippen LogP contribution in [-0.2, 0) is 11.3 Å². The molecule has 7 nitrogen and oxygen atoms in total. The highest BCUT2D eigenvalue weighted by Crippen LogP contribution is 2.19. The van der Waals surface area contributed by atoms with Crippen molar-refractivity contribution in [3.63, 3.8) is 0 Å². The minimum Gasteiger partial charge on any atom is -0.478 e. The third-order valence-corrected chi connectivity index (χ3v) is 4.84. The molecule has 1 aliphatic heterocycles. The lowest BCUT2D eigenvalue weighted by atomic mass is 9.96. The molecule has 2 rings (SSSR count). The van der Waals surface area contributed by atoms with Gasteiger partial charge in [-0.15, -0.1) is 0 Å². The number of hydrogen-bond acceptors (Lipinski definition) is 3. The average molecular weight is 361 g/mol. The second-order valence-corrected chi connectivity index (χ2v) is 6.44. The molecule has 2 N–H and O–H groups in total. The Balaban J connectivity index is 1.79. The molecule has 0 saturated carbocycles. The molecule has 26 heavy (non-hydrogen) atoms. The summed E-state index contributed by atoms with van der Waals surface area (Å²) in [6.07, 6.45) is 1.33. The van der Waals surface area contributed by atoms with Gasteiger partial charge in [-0.1, -0.05) is 12.1 Å². The van der Waals surface area contributed by atoms with Crippen molar-refractivity contribution in [2.45, 2.75) is 33.2 Å². The first-order chi connectivity index (χ1) is 12.5. The predicted molar refractivity (Wildman–Crippen MR) is 97.9 cm³/mol. The summed E-state index contributed by atoms with van der Waals surface area (Å²) in [5.41, 5.74) is 1.09. The van der Waals surface area contributed by atoms with Crippen molar-refractivity contribution in [1.29, 1.82) is 0 Å². The van der Waals surface area contributed by atoms with Gasteiger partial charge in [0.2, 0.25) is 5.91 Å². The van der Waals surface area contributed by atoms with Crippen LogP contribution in [0.15, 0.2) is 24.3 Å². The van der Waals surface area contributed by atoms with Gasteiger partial charge < -0.3 is 20.2 Å². The van der Waals surface area contributed by atoms with Crippen molar-refractivity contribution in [3.8, 4) is 0 Å². The molecule has 0 spiro atoms. The van der Waals surface area contributed by atoms with Crippen molar-refractivity contribution in [2.75, 3.05) is 26.2 Å². The molecule has 1 fully saturated rings. The normalized spacial score (nSPS) is 14.8. The summed E-state index contributed by atoms with van der Waals surface area (Å²) in [5, 5.41) is 11.8. The number of nitrogens with zero attached hydrogens (tertiary/aromatic N) is 2. The van der Waals surface area contributed by atoms with E-state index in [1.807, 2.05) is 18.7 Å². The minimum atomic E-state index is -0.966. The van der Waals surface area contributed by atoms with E-state index in [0.717, 1.165) is 5.56 Å². The molecule has 1 heterocycles. The number of nitrogens with one attached hydrogen (secondary N) is 1. The number of aromatic carboxylic acids is 1. The summed E-state index contributed by atoms with van der Waals surface area (Å²) < 4.78 is 0. The second kappa shape index (κ2) is 9.22. The predicted octanol–water partition coefficient (Wildman–Crippen LogP) is 2.17. The summed E-state index contributed by atoms with van der Waals surface area (Å²) in [6, 6.07) is 6.51. The fourth-order valence-corrected chi connectivity index (χ4v) is 3.13. The van der Waals surface area contributed by atoms with Crippen molar-refractivity contribution in [2.24, 2.45) is 5.92 Å². The Kier molecular flexibility index (Phi) is 7.00. The number of carboxylic acid groups (broad SMARTS) is 1. The lowest BCUT2D eigenvalue weighted by Crippen LogP contribution is -2.48. The van der Waals surface area contributed by atoms with Crippen LogP contribution < -0.4 is 5.32 Å². The third-order valence-electron chi connectivity index (χ3n) is 4.84. The first-order valence-corrected chi connectivity index (χ1v) is 9.10. The van der Waals surface area contributed by atoms with Crippen LogP contribution in [0.1, 0.15) is 42.6 Å². The second-order valence-electron chi connectivity index (χ2n) is 6.44. The summed E-state index contributed by atoms with van der Waals surface area (Å²) in [5.74, 6) is -1.07. The topological polar surface area (TPSA) is 90.0 Å². The van der Waals surface area contributed by atoms with Crippen molar-refractivity contribution in [3.05, 3.63) is 35.4 Å². The Morgan fingerprint density at radius 1 is 1.12 bits per heavy atom. The Bertz CT molecular complexity index is 633. The zero-order chi connectivity index (χ0) is 19.1. The maximum atomic E-state index is 12.4. The average Bonchev–Trinajstić information content (AvgIpc) is 2.67. The monoisotopic (exact) mass is 361 g/mol. The lowest BCUT2D eigenvalue weighted by molar-refractivity contribution is -0.126. The highest BCUT2D eigenvalue weighted by atomic mass is 16.4. The van der Waals surface area contributed by atoms with Gasteiger partial charge in [-0.25, -0.2) is 9.59 Å². The van der Waals surface area contributed by atoms with Crippen molar-refractivity contribution in [1.82, 2.24) is 15.1 Å². The van der Waals surface area contributed by atoms with E-state index >= 15 is 0 Å². The van der Waals surface area contributed by atoms with E-state index in [-0.39, 0.29) is 23.4 Å². The Morgan fingerprint density at radius 3 is 2.19 bits per heavy atom. The zero-order valence-electron chi connectivity index (χ0n) is 15.4. The van der Waals surface area contributed by atoms with E-state index in [2.05, 4.69) is 5.32 Å². The minimum absolute atomic E-state index is 0.0118. The summed E-state index contributed by atoms with van der Waals surface area (Å²) in [7, 11) is 0. The maximum absolute atomic E-state index is 12.4. The number of carboxylic acids is 1. The Hall–Kier alpha value is -2.57. The molecule has 1 aromatic rings. The number of amides is 3.